The lowest BCUT2D eigenvalue weighted by Gasteiger charge is -2.17. The highest BCUT2D eigenvalue weighted by Crippen LogP contribution is 2.33. The van der Waals surface area contributed by atoms with E-state index in [0.29, 0.717) is 18.1 Å². The molecule has 0 aliphatic carbocycles. The number of halogens is 1. The van der Waals surface area contributed by atoms with Crippen molar-refractivity contribution in [2.45, 2.75) is 44.2 Å². The van der Waals surface area contributed by atoms with E-state index in [9.17, 15) is 0 Å². The minimum atomic E-state index is 0.471. The molecule has 0 atom stereocenters. The van der Waals surface area contributed by atoms with Crippen LogP contribution in [-0.4, -0.2) is 32.8 Å². The van der Waals surface area contributed by atoms with E-state index < -0.39 is 0 Å². The second-order valence-electron chi connectivity index (χ2n) is 7.59. The van der Waals surface area contributed by atoms with Crippen molar-refractivity contribution in [2.24, 2.45) is 4.99 Å². The summed E-state index contributed by atoms with van der Waals surface area (Å²) in [5, 5.41) is 13.2. The van der Waals surface area contributed by atoms with Gasteiger partial charge in [-0.25, -0.2) is 0 Å². The molecule has 1 aliphatic heterocycles. The van der Waals surface area contributed by atoms with Crippen LogP contribution in [0.4, 0.5) is 0 Å². The van der Waals surface area contributed by atoms with Crippen LogP contribution in [0.1, 0.15) is 49.0 Å². The summed E-state index contributed by atoms with van der Waals surface area (Å²) >= 11 is 8.15. The summed E-state index contributed by atoms with van der Waals surface area (Å²) in [4.78, 5) is 6.20. The molecule has 1 aromatic heterocycles. The first-order chi connectivity index (χ1) is 15.7. The molecular formula is C25H28ClN5S. The Morgan fingerprint density at radius 1 is 1.19 bits per heavy atom. The van der Waals surface area contributed by atoms with Gasteiger partial charge in [0.05, 0.1) is 17.9 Å². The Balaban J connectivity index is 1.72. The van der Waals surface area contributed by atoms with E-state index in [-0.39, 0.29) is 0 Å². The Hall–Kier alpha value is -2.41. The number of rotatable bonds is 10. The van der Waals surface area contributed by atoms with Gasteiger partial charge in [0.2, 0.25) is 0 Å². The molecule has 1 aliphatic rings. The fourth-order valence-corrected chi connectivity index (χ4v) is 4.93. The second kappa shape index (κ2) is 10.9. The molecule has 0 amide bonds. The molecule has 1 N–H and O–H groups in total. The predicted molar refractivity (Wildman–Crippen MR) is 134 cm³/mol. The summed E-state index contributed by atoms with van der Waals surface area (Å²) < 4.78 is 2.17. The van der Waals surface area contributed by atoms with Crippen LogP contribution in [-0.2, 0) is 13.1 Å². The topological polar surface area (TPSA) is 55.1 Å². The minimum Gasteiger partial charge on any atom is -0.310 e. The van der Waals surface area contributed by atoms with Crippen molar-refractivity contribution in [3.63, 3.8) is 0 Å². The van der Waals surface area contributed by atoms with Crippen LogP contribution in [0.3, 0.4) is 0 Å². The quantitative estimate of drug-likeness (QED) is 0.232. The molecular weight excluding hydrogens is 438 g/mol. The molecule has 7 heteroatoms. The largest absolute Gasteiger partial charge is 0.310 e. The fourth-order valence-electron chi connectivity index (χ4n) is 3.91. The van der Waals surface area contributed by atoms with Crippen LogP contribution >= 0.6 is 23.4 Å². The van der Waals surface area contributed by atoms with Crippen molar-refractivity contribution in [3.05, 3.63) is 82.9 Å². The maximum atomic E-state index is 6.33. The number of aliphatic imine (C=N–C) groups is 1. The molecule has 2 aromatic carbocycles. The lowest BCUT2D eigenvalue weighted by atomic mass is 10.0. The second-order valence-corrected chi connectivity index (χ2v) is 9.33. The summed E-state index contributed by atoms with van der Waals surface area (Å²) in [6.45, 7) is 8.04. The van der Waals surface area contributed by atoms with Gasteiger partial charge in [0.15, 0.2) is 11.6 Å². The summed E-state index contributed by atoms with van der Waals surface area (Å²) in [7, 11) is 0. The summed E-state index contributed by atoms with van der Waals surface area (Å²) in [6.07, 6.45) is 5.28. The summed E-state index contributed by atoms with van der Waals surface area (Å²) in [6, 6.07) is 14.3. The molecule has 0 saturated heterocycles. The zero-order valence-corrected chi connectivity index (χ0v) is 19.9. The van der Waals surface area contributed by atoms with E-state index in [2.05, 4.69) is 57.8 Å². The highest BCUT2D eigenvalue weighted by Gasteiger charge is 2.25. The molecule has 3 aromatic rings. The number of fused-ring (bicyclic) bond motifs is 3. The molecule has 0 bridgehead atoms. The molecule has 5 nitrogen and oxygen atoms in total. The van der Waals surface area contributed by atoms with Gasteiger partial charge in [-0.05, 0) is 55.8 Å². The summed E-state index contributed by atoms with van der Waals surface area (Å²) in [5.41, 5.74) is 4.16. The highest BCUT2D eigenvalue weighted by molar-refractivity contribution is 7.99. The number of allylic oxidation sites excluding steroid dienone is 1. The average molecular weight is 466 g/mol. The van der Waals surface area contributed by atoms with Crippen molar-refractivity contribution in [1.29, 1.82) is 0 Å². The molecule has 166 valence electrons. The standard InChI is InChI=1S/C25H28ClN5S/c1-3-5-6-7-14-27-16-22-29-30-23-17-28-25(18-10-8-11-19(26)15-18)24-20(31(22)23)12-9-13-21(24)32-4-2/h3,8-13,15,27H,1,4-7,14,16-17H2,2H3. The third kappa shape index (κ3) is 4.98. The smallest absolute Gasteiger partial charge is 0.159 e. The minimum absolute atomic E-state index is 0.471. The van der Waals surface area contributed by atoms with Crippen molar-refractivity contribution >= 4 is 29.1 Å². The van der Waals surface area contributed by atoms with Crippen molar-refractivity contribution in [3.8, 4) is 5.69 Å². The molecule has 0 radical (unpaired) electrons. The monoisotopic (exact) mass is 465 g/mol. The van der Waals surface area contributed by atoms with Gasteiger partial charge >= 0.3 is 0 Å². The van der Waals surface area contributed by atoms with E-state index in [1.54, 1.807) is 0 Å². The molecule has 32 heavy (non-hydrogen) atoms. The Labute approximate surface area is 199 Å². The molecule has 2 heterocycles. The molecule has 0 spiro atoms. The molecule has 4 rings (SSSR count). The fraction of sp³-hybridized carbons (Fsp3) is 0.320. The number of nitrogens with one attached hydrogen (secondary N) is 1. The predicted octanol–water partition coefficient (Wildman–Crippen LogP) is 5.83. The Morgan fingerprint density at radius 3 is 2.88 bits per heavy atom. The molecule has 0 unspecified atom stereocenters. The van der Waals surface area contributed by atoms with Gasteiger partial charge in [0.1, 0.15) is 6.54 Å². The number of hydrogen-bond acceptors (Lipinski definition) is 5. The van der Waals surface area contributed by atoms with Crippen molar-refractivity contribution < 1.29 is 0 Å². The first kappa shape index (κ1) is 22.8. The van der Waals surface area contributed by atoms with E-state index >= 15 is 0 Å². The van der Waals surface area contributed by atoms with Gasteiger partial charge in [-0.1, -0.05) is 42.8 Å². The third-order valence-electron chi connectivity index (χ3n) is 5.35. The Bertz CT molecular complexity index is 1120. The van der Waals surface area contributed by atoms with Gasteiger partial charge in [0, 0.05) is 21.0 Å². The number of benzene rings is 2. The van der Waals surface area contributed by atoms with Crippen LogP contribution in [0, 0.1) is 0 Å². The third-order valence-corrected chi connectivity index (χ3v) is 6.53. The zero-order valence-electron chi connectivity index (χ0n) is 18.4. The highest BCUT2D eigenvalue weighted by atomic mass is 35.5. The van der Waals surface area contributed by atoms with Crippen LogP contribution in [0.15, 0.2) is 65.0 Å². The lowest BCUT2D eigenvalue weighted by Crippen LogP contribution is -2.19. The van der Waals surface area contributed by atoms with Crippen LogP contribution in [0.5, 0.6) is 0 Å². The molecule has 0 saturated carbocycles. The van der Waals surface area contributed by atoms with Crippen LogP contribution in [0.25, 0.3) is 5.69 Å². The van der Waals surface area contributed by atoms with Gasteiger partial charge in [-0.15, -0.1) is 28.5 Å². The van der Waals surface area contributed by atoms with E-state index in [4.69, 9.17) is 16.6 Å². The maximum absolute atomic E-state index is 6.33. The summed E-state index contributed by atoms with van der Waals surface area (Å²) in [5.74, 6) is 2.74. The van der Waals surface area contributed by atoms with Gasteiger partial charge < -0.3 is 5.32 Å². The number of hydrogen-bond donors (Lipinski definition) is 1. The van der Waals surface area contributed by atoms with E-state index in [0.717, 1.165) is 65.7 Å². The average Bonchev–Trinajstić information content (AvgIpc) is 3.11. The SMILES string of the molecule is C=CCCCCNCc1nnc2n1-c1cccc(SCC)c1C(c1cccc(Cl)c1)=NC2. The van der Waals surface area contributed by atoms with Crippen molar-refractivity contribution in [2.75, 3.05) is 12.3 Å². The number of nitrogens with zero attached hydrogens (tertiary/aromatic N) is 4. The normalized spacial score (nSPS) is 12.6. The van der Waals surface area contributed by atoms with E-state index in [1.807, 2.05) is 36.0 Å². The van der Waals surface area contributed by atoms with Gasteiger partial charge in [-0.2, -0.15) is 0 Å². The lowest BCUT2D eigenvalue weighted by molar-refractivity contribution is 0.604. The van der Waals surface area contributed by atoms with Gasteiger partial charge in [-0.3, -0.25) is 9.56 Å². The first-order valence-corrected chi connectivity index (χ1v) is 12.4. The number of aromatic nitrogens is 3. The van der Waals surface area contributed by atoms with E-state index in [1.165, 1.54) is 4.90 Å². The Morgan fingerprint density at radius 2 is 2.06 bits per heavy atom. The van der Waals surface area contributed by atoms with Gasteiger partial charge in [0.25, 0.3) is 0 Å². The van der Waals surface area contributed by atoms with Crippen LogP contribution < -0.4 is 5.32 Å². The number of thioether (sulfide) groups is 1. The van der Waals surface area contributed by atoms with Crippen LogP contribution in [0.2, 0.25) is 5.02 Å². The zero-order chi connectivity index (χ0) is 22.3. The Kier molecular flexibility index (Phi) is 7.79. The number of unbranched alkanes of at least 4 members (excludes halogenated alkanes) is 2. The first-order valence-electron chi connectivity index (χ1n) is 11.0. The van der Waals surface area contributed by atoms with Crippen molar-refractivity contribution in [1.82, 2.24) is 20.1 Å². The maximum Gasteiger partial charge on any atom is 0.159 e. The molecule has 0 fully saturated rings.